The second kappa shape index (κ2) is 16.6. The molecule has 0 saturated carbocycles. The van der Waals surface area contributed by atoms with Crippen LogP contribution in [0.2, 0.25) is 0 Å². The molecule has 0 unspecified atom stereocenters. The number of hydrogen-bond acceptors (Lipinski definition) is 0. The lowest BCUT2D eigenvalue weighted by molar-refractivity contribution is -0.660. The molecular formula is C57H62B2N+. The molecule has 60 heavy (non-hydrogen) atoms. The van der Waals surface area contributed by atoms with Crippen LogP contribution in [0.5, 0.6) is 0 Å². The molecule has 0 amide bonds. The quantitative estimate of drug-likeness (QED) is 0.101. The van der Waals surface area contributed by atoms with Crippen molar-refractivity contribution in [3.8, 4) is 33.5 Å². The highest BCUT2D eigenvalue weighted by molar-refractivity contribution is 7.11. The van der Waals surface area contributed by atoms with Crippen LogP contribution in [0.15, 0.2) is 134 Å². The van der Waals surface area contributed by atoms with Crippen molar-refractivity contribution < 1.29 is 4.57 Å². The topological polar surface area (TPSA) is 3.88 Å². The minimum atomic E-state index is 0.0665. The molecule has 1 aromatic heterocycles. The van der Waals surface area contributed by atoms with Crippen molar-refractivity contribution in [3.05, 3.63) is 173 Å². The van der Waals surface area contributed by atoms with Gasteiger partial charge in [-0.05, 0) is 100 Å². The molecule has 1 nitrogen and oxygen atoms in total. The Bertz CT molecular complexity index is 2650. The third kappa shape index (κ3) is 7.40. The van der Waals surface area contributed by atoms with Gasteiger partial charge in [-0.1, -0.05) is 209 Å². The van der Waals surface area contributed by atoms with Crippen molar-refractivity contribution in [2.45, 2.75) is 99.8 Å². The monoisotopic (exact) mass is 783 g/mol. The molecule has 0 aliphatic carbocycles. The fraction of sp³-hybridized carbons (Fsp3) is 0.281. The van der Waals surface area contributed by atoms with Crippen molar-refractivity contribution in [2.75, 3.05) is 0 Å². The van der Waals surface area contributed by atoms with Gasteiger partial charge >= 0.3 is 0 Å². The van der Waals surface area contributed by atoms with Crippen LogP contribution < -0.4 is 37.3 Å². The Labute approximate surface area is 362 Å². The maximum atomic E-state index is 2.62. The lowest BCUT2D eigenvalue weighted by Gasteiger charge is -2.37. The van der Waals surface area contributed by atoms with Crippen LogP contribution in [-0.2, 0) is 7.05 Å². The number of benzene rings is 6. The van der Waals surface area contributed by atoms with E-state index in [1.54, 1.807) is 0 Å². The maximum Gasteiger partial charge on any atom is 0.240 e. The Balaban J connectivity index is 1.50. The van der Waals surface area contributed by atoms with Crippen molar-refractivity contribution in [3.63, 3.8) is 0 Å². The number of rotatable bonds is 9. The van der Waals surface area contributed by atoms with E-state index in [2.05, 4.69) is 221 Å². The summed E-state index contributed by atoms with van der Waals surface area (Å²) in [6.07, 6.45) is 2.30. The first-order valence-electron chi connectivity index (χ1n) is 22.4. The lowest BCUT2D eigenvalue weighted by atomic mass is 9.19. The molecular weight excluding hydrogens is 720 g/mol. The number of pyridine rings is 1. The van der Waals surface area contributed by atoms with Crippen LogP contribution >= 0.6 is 0 Å². The molecule has 6 aromatic carbocycles. The van der Waals surface area contributed by atoms with Crippen LogP contribution in [0.3, 0.4) is 0 Å². The van der Waals surface area contributed by atoms with Crippen LogP contribution in [0.4, 0.5) is 0 Å². The first-order valence-corrected chi connectivity index (χ1v) is 22.4. The smallest absolute Gasteiger partial charge is 0.201 e. The van der Waals surface area contributed by atoms with E-state index in [-0.39, 0.29) is 13.4 Å². The summed E-state index contributed by atoms with van der Waals surface area (Å²) < 4.78 is 2.34. The van der Waals surface area contributed by atoms with E-state index in [0.29, 0.717) is 23.7 Å². The number of aryl methyl sites for hydroxylation is 4. The Hall–Kier alpha value is -5.40. The van der Waals surface area contributed by atoms with Crippen LogP contribution in [-0.4, -0.2) is 13.4 Å². The summed E-state index contributed by atoms with van der Waals surface area (Å²) >= 11 is 0. The highest BCUT2D eigenvalue weighted by Gasteiger charge is 2.43. The fourth-order valence-corrected chi connectivity index (χ4v) is 10.2. The Morgan fingerprint density at radius 2 is 0.767 bits per heavy atom. The molecule has 8 rings (SSSR count). The molecule has 1 aliphatic rings. The molecule has 0 spiro atoms. The molecule has 0 N–H and O–H groups in total. The second-order valence-corrected chi connectivity index (χ2v) is 18.9. The molecule has 300 valence electrons. The van der Waals surface area contributed by atoms with Gasteiger partial charge in [0, 0.05) is 17.2 Å². The van der Waals surface area contributed by atoms with Crippen LogP contribution in [0.1, 0.15) is 118 Å². The zero-order valence-corrected chi connectivity index (χ0v) is 38.1. The zero-order chi connectivity index (χ0) is 42.6. The minimum absolute atomic E-state index is 0.0665. The third-order valence-corrected chi connectivity index (χ3v) is 13.5. The summed E-state index contributed by atoms with van der Waals surface area (Å²) in [5.41, 5.74) is 26.2. The summed E-state index contributed by atoms with van der Waals surface area (Å²) in [6.45, 7) is 26.1. The van der Waals surface area contributed by atoms with Gasteiger partial charge in [0.1, 0.15) is 7.05 Å². The average Bonchev–Trinajstić information content (AvgIpc) is 3.23. The molecule has 0 saturated heterocycles. The highest BCUT2D eigenvalue weighted by atomic mass is 14.9. The fourth-order valence-electron chi connectivity index (χ4n) is 10.2. The van der Waals surface area contributed by atoms with Gasteiger partial charge in [0.25, 0.3) is 0 Å². The van der Waals surface area contributed by atoms with E-state index >= 15 is 0 Å². The van der Waals surface area contributed by atoms with Gasteiger partial charge in [-0.25, -0.2) is 4.57 Å². The van der Waals surface area contributed by atoms with E-state index in [9.17, 15) is 0 Å². The SMILES string of the molecule is Cc1cc(-c2cc3c(cc2C)B(c2c(C(C)C)cc(-c4ccccc4)cc2C(C)C)c2ccccc2B3c2c(C(C)C)cc(-c3ccccc3)cc2C(C)C)[n+](C)cc1C. The number of fused-ring (bicyclic) bond motifs is 2. The summed E-state index contributed by atoms with van der Waals surface area (Å²) in [5, 5.41) is 0. The van der Waals surface area contributed by atoms with Gasteiger partial charge < -0.3 is 0 Å². The molecule has 7 aromatic rings. The van der Waals surface area contributed by atoms with Crippen molar-refractivity contribution in [1.29, 1.82) is 0 Å². The molecule has 0 bridgehead atoms. The molecule has 2 heterocycles. The average molecular weight is 783 g/mol. The second-order valence-electron chi connectivity index (χ2n) is 18.9. The lowest BCUT2D eigenvalue weighted by Crippen LogP contribution is -2.76. The summed E-state index contributed by atoms with van der Waals surface area (Å²) in [7, 11) is 2.21. The van der Waals surface area contributed by atoms with E-state index in [0.717, 1.165) is 0 Å². The van der Waals surface area contributed by atoms with Crippen molar-refractivity contribution in [2.24, 2.45) is 7.05 Å². The molecule has 0 radical (unpaired) electrons. The molecule has 1 aliphatic heterocycles. The maximum absolute atomic E-state index is 2.62. The van der Waals surface area contributed by atoms with Gasteiger partial charge in [0.15, 0.2) is 6.20 Å². The number of nitrogens with zero attached hydrogens (tertiary/aromatic N) is 1. The third-order valence-electron chi connectivity index (χ3n) is 13.5. The van der Waals surface area contributed by atoms with Gasteiger partial charge in [0.2, 0.25) is 19.1 Å². The van der Waals surface area contributed by atoms with Gasteiger partial charge in [0.05, 0.1) is 0 Å². The predicted octanol–water partition coefficient (Wildman–Crippen LogP) is 10.3. The summed E-state index contributed by atoms with van der Waals surface area (Å²) in [4.78, 5) is 0. The molecule has 0 fully saturated rings. The largest absolute Gasteiger partial charge is 0.240 e. The van der Waals surface area contributed by atoms with Crippen LogP contribution in [0, 0.1) is 20.8 Å². The first-order chi connectivity index (χ1) is 28.7. The van der Waals surface area contributed by atoms with Crippen molar-refractivity contribution in [1.82, 2.24) is 0 Å². The Kier molecular flexibility index (Phi) is 11.4. The first kappa shape index (κ1) is 41.3. The number of hydrogen-bond donors (Lipinski definition) is 0. The van der Waals surface area contributed by atoms with Crippen molar-refractivity contribution >= 4 is 46.2 Å². The predicted molar refractivity (Wildman–Crippen MR) is 263 cm³/mol. The van der Waals surface area contributed by atoms with Gasteiger partial charge in [-0.3, -0.25) is 0 Å². The Morgan fingerprint density at radius 1 is 0.383 bits per heavy atom. The van der Waals surface area contributed by atoms with E-state index in [4.69, 9.17) is 0 Å². The van der Waals surface area contributed by atoms with Gasteiger partial charge in [-0.15, -0.1) is 0 Å². The Morgan fingerprint density at radius 3 is 1.17 bits per heavy atom. The minimum Gasteiger partial charge on any atom is -0.201 e. The summed E-state index contributed by atoms with van der Waals surface area (Å²) in [5.74, 6) is 1.36. The van der Waals surface area contributed by atoms with Crippen LogP contribution in [0.25, 0.3) is 33.5 Å². The number of aromatic nitrogens is 1. The van der Waals surface area contributed by atoms with Gasteiger partial charge in [-0.2, -0.15) is 0 Å². The standard InChI is InChI=1S/C57H62B2N/c1-35(2)46-29-44(42-21-15-13-16-22-42)30-47(36(3)4)56(46)58-51-25-19-20-26-52(51)59(54-33-50(40(10)27-53(54)58)55-28-39(9)41(11)34-60(55)12)57-48(37(5)6)31-45(32-49(57)38(7)8)43-23-17-14-18-24-43/h13-38H,1-12H3/q+1. The van der Waals surface area contributed by atoms with E-state index in [1.165, 1.54) is 105 Å². The molecule has 0 atom stereocenters. The zero-order valence-electron chi connectivity index (χ0n) is 38.1. The highest BCUT2D eigenvalue weighted by Crippen LogP contribution is 2.32. The normalized spacial score (nSPS) is 12.5. The molecule has 3 heteroatoms. The summed E-state index contributed by atoms with van der Waals surface area (Å²) in [6, 6.07) is 49.1. The van der Waals surface area contributed by atoms with E-state index < -0.39 is 0 Å². The van der Waals surface area contributed by atoms with E-state index in [1.807, 2.05) is 0 Å².